The molecule has 2 heterocycles. The first-order valence-corrected chi connectivity index (χ1v) is 7.74. The molecule has 0 atom stereocenters. The number of carbonyl (C=O) groups excluding carboxylic acids is 1. The molecule has 1 aliphatic rings. The summed E-state index contributed by atoms with van der Waals surface area (Å²) in [4.78, 5) is 16.9. The zero-order valence-corrected chi connectivity index (χ0v) is 13.5. The van der Waals surface area contributed by atoms with E-state index < -0.39 is 0 Å². The number of ether oxygens (including phenoxy) is 2. The van der Waals surface area contributed by atoms with Gasteiger partial charge in [0.25, 0.3) is 5.91 Å². The molecule has 0 bridgehead atoms. The lowest BCUT2D eigenvalue weighted by Gasteiger charge is -2.16. The Morgan fingerprint density at radius 3 is 3.00 bits per heavy atom. The minimum absolute atomic E-state index is 0.154. The van der Waals surface area contributed by atoms with Crippen LogP contribution in [0, 0.1) is 0 Å². The number of rotatable bonds is 5. The number of nitrogens with one attached hydrogen (secondary N) is 1. The van der Waals surface area contributed by atoms with Crippen molar-refractivity contribution in [2.75, 3.05) is 19.5 Å². The minimum atomic E-state index is -0.154. The van der Waals surface area contributed by atoms with Gasteiger partial charge in [-0.2, -0.15) is 0 Å². The Morgan fingerprint density at radius 1 is 1.35 bits per heavy atom. The molecule has 6 heteroatoms. The van der Waals surface area contributed by atoms with Gasteiger partial charge in [-0.1, -0.05) is 0 Å². The molecule has 1 aromatic heterocycles. The van der Waals surface area contributed by atoms with Gasteiger partial charge in [-0.25, -0.2) is 4.98 Å². The number of amides is 1. The van der Waals surface area contributed by atoms with E-state index in [2.05, 4.69) is 14.9 Å². The van der Waals surface area contributed by atoms with E-state index in [9.17, 15) is 4.79 Å². The Labute approximate surface area is 135 Å². The molecule has 1 aliphatic heterocycles. The number of aromatic nitrogens is 2. The highest BCUT2D eigenvalue weighted by atomic mass is 16.5. The predicted octanol–water partition coefficient (Wildman–Crippen LogP) is 2.63. The maximum absolute atomic E-state index is 12.5. The second-order valence-corrected chi connectivity index (χ2v) is 5.58. The number of nitrogens with zero attached hydrogens (tertiary/aromatic N) is 2. The van der Waals surface area contributed by atoms with Crippen LogP contribution in [0.5, 0.6) is 5.75 Å². The van der Waals surface area contributed by atoms with Gasteiger partial charge in [0.2, 0.25) is 0 Å². The van der Waals surface area contributed by atoms with Gasteiger partial charge in [-0.05, 0) is 31.0 Å². The Hall–Kier alpha value is -2.34. The summed E-state index contributed by atoms with van der Waals surface area (Å²) in [6.45, 7) is 1.30. The summed E-state index contributed by atoms with van der Waals surface area (Å²) in [6.07, 6.45) is 4.98. The molecule has 1 N–H and O–H groups in total. The van der Waals surface area contributed by atoms with E-state index in [4.69, 9.17) is 9.47 Å². The van der Waals surface area contributed by atoms with Gasteiger partial charge in [0.15, 0.2) is 0 Å². The van der Waals surface area contributed by atoms with Crippen LogP contribution in [0.1, 0.15) is 34.6 Å². The molecule has 0 saturated carbocycles. The number of anilines is 1. The fourth-order valence-corrected chi connectivity index (χ4v) is 2.89. The van der Waals surface area contributed by atoms with E-state index in [0.29, 0.717) is 17.9 Å². The van der Waals surface area contributed by atoms with Crippen LogP contribution < -0.4 is 10.1 Å². The summed E-state index contributed by atoms with van der Waals surface area (Å²) < 4.78 is 12.5. The summed E-state index contributed by atoms with van der Waals surface area (Å²) in [5, 5.41) is 2.95. The van der Waals surface area contributed by atoms with Crippen LogP contribution in [-0.2, 0) is 24.3 Å². The van der Waals surface area contributed by atoms with Crippen LogP contribution in [0.15, 0.2) is 24.4 Å². The van der Waals surface area contributed by atoms with Gasteiger partial charge < -0.3 is 19.4 Å². The number of hydrogen-bond acceptors (Lipinski definition) is 4. The van der Waals surface area contributed by atoms with Crippen LogP contribution in [0.3, 0.4) is 0 Å². The molecule has 6 nitrogen and oxygen atoms in total. The van der Waals surface area contributed by atoms with E-state index >= 15 is 0 Å². The molecule has 0 unspecified atom stereocenters. The van der Waals surface area contributed by atoms with E-state index in [-0.39, 0.29) is 5.91 Å². The van der Waals surface area contributed by atoms with Crippen molar-refractivity contribution in [2.24, 2.45) is 0 Å². The van der Waals surface area contributed by atoms with Crippen molar-refractivity contribution in [2.45, 2.75) is 32.4 Å². The number of hydrogen-bond donors (Lipinski definition) is 1. The molecule has 0 spiro atoms. The Kier molecular flexibility index (Phi) is 4.62. The van der Waals surface area contributed by atoms with Gasteiger partial charge in [0, 0.05) is 31.2 Å². The van der Waals surface area contributed by atoms with Crippen molar-refractivity contribution in [3.63, 3.8) is 0 Å². The molecule has 0 saturated heterocycles. The normalized spacial score (nSPS) is 13.5. The highest BCUT2D eigenvalue weighted by Crippen LogP contribution is 2.23. The van der Waals surface area contributed by atoms with Crippen molar-refractivity contribution in [3.05, 3.63) is 41.3 Å². The first kappa shape index (κ1) is 15.6. The molecule has 0 radical (unpaired) electrons. The zero-order valence-electron chi connectivity index (χ0n) is 13.5. The molecule has 122 valence electrons. The smallest absolute Gasteiger partial charge is 0.256 e. The third-order valence-corrected chi connectivity index (χ3v) is 4.05. The number of aryl methyl sites for hydroxylation is 1. The third kappa shape index (κ3) is 3.22. The topological polar surface area (TPSA) is 65.4 Å². The van der Waals surface area contributed by atoms with Gasteiger partial charge in [0.1, 0.15) is 17.4 Å². The average Bonchev–Trinajstić information content (AvgIpc) is 2.98. The lowest BCUT2D eigenvalue weighted by atomic mass is 10.1. The number of fused-ring (bicyclic) bond motifs is 1. The van der Waals surface area contributed by atoms with Crippen LogP contribution in [0.4, 0.5) is 5.82 Å². The van der Waals surface area contributed by atoms with E-state index in [1.165, 1.54) is 0 Å². The predicted molar refractivity (Wildman–Crippen MR) is 86.8 cm³/mol. The fraction of sp³-hybridized carbons (Fsp3) is 0.412. The van der Waals surface area contributed by atoms with E-state index in [1.54, 1.807) is 38.6 Å². The molecule has 2 aromatic rings. The number of carbonyl (C=O) groups is 1. The van der Waals surface area contributed by atoms with Crippen molar-refractivity contribution in [3.8, 4) is 5.75 Å². The van der Waals surface area contributed by atoms with E-state index in [1.807, 2.05) is 0 Å². The summed E-state index contributed by atoms with van der Waals surface area (Å²) in [5.41, 5.74) is 1.42. The van der Waals surface area contributed by atoms with Crippen molar-refractivity contribution >= 4 is 11.7 Å². The SMILES string of the molecule is COCc1cc(C(=O)Nc2cnc3n2CCCC3)ccc1OC. The first-order valence-electron chi connectivity index (χ1n) is 7.74. The molecule has 1 aromatic carbocycles. The second-order valence-electron chi connectivity index (χ2n) is 5.58. The summed E-state index contributed by atoms with van der Waals surface area (Å²) in [5.74, 6) is 2.36. The minimum Gasteiger partial charge on any atom is -0.496 e. The lowest BCUT2D eigenvalue weighted by Crippen LogP contribution is -2.18. The number of imidazole rings is 1. The highest BCUT2D eigenvalue weighted by molar-refractivity contribution is 6.04. The summed E-state index contributed by atoms with van der Waals surface area (Å²) >= 11 is 0. The van der Waals surface area contributed by atoms with Crippen LogP contribution in [0.25, 0.3) is 0 Å². The van der Waals surface area contributed by atoms with Gasteiger partial charge >= 0.3 is 0 Å². The van der Waals surface area contributed by atoms with Crippen LogP contribution >= 0.6 is 0 Å². The second kappa shape index (κ2) is 6.83. The van der Waals surface area contributed by atoms with Crippen molar-refractivity contribution < 1.29 is 14.3 Å². The molecule has 23 heavy (non-hydrogen) atoms. The first-order chi connectivity index (χ1) is 11.2. The van der Waals surface area contributed by atoms with Crippen molar-refractivity contribution in [1.29, 1.82) is 0 Å². The fourth-order valence-electron chi connectivity index (χ4n) is 2.89. The molecule has 1 amide bonds. The summed E-state index contributed by atoms with van der Waals surface area (Å²) in [7, 11) is 3.22. The molecule has 0 aliphatic carbocycles. The molecular formula is C17H21N3O3. The standard InChI is InChI=1S/C17H21N3O3/c1-22-11-13-9-12(6-7-14(13)23-2)17(21)19-16-10-18-15-5-3-4-8-20(15)16/h6-7,9-10H,3-5,8,11H2,1-2H3,(H,19,21). The van der Waals surface area contributed by atoms with Crippen LogP contribution in [0.2, 0.25) is 0 Å². The maximum atomic E-state index is 12.5. The van der Waals surface area contributed by atoms with E-state index in [0.717, 1.165) is 43.0 Å². The quantitative estimate of drug-likeness (QED) is 0.921. The van der Waals surface area contributed by atoms with Gasteiger partial charge in [-0.3, -0.25) is 4.79 Å². The maximum Gasteiger partial charge on any atom is 0.256 e. The molecule has 0 fully saturated rings. The lowest BCUT2D eigenvalue weighted by molar-refractivity contribution is 0.102. The number of benzene rings is 1. The average molecular weight is 315 g/mol. The molecular weight excluding hydrogens is 294 g/mol. The third-order valence-electron chi connectivity index (χ3n) is 4.05. The zero-order chi connectivity index (χ0) is 16.2. The Balaban J connectivity index is 1.80. The van der Waals surface area contributed by atoms with Gasteiger partial charge in [-0.15, -0.1) is 0 Å². The molecule has 3 rings (SSSR count). The van der Waals surface area contributed by atoms with Crippen LogP contribution in [-0.4, -0.2) is 29.7 Å². The largest absolute Gasteiger partial charge is 0.496 e. The Bertz CT molecular complexity index is 709. The highest BCUT2D eigenvalue weighted by Gasteiger charge is 2.17. The number of methoxy groups -OCH3 is 2. The monoisotopic (exact) mass is 315 g/mol. The van der Waals surface area contributed by atoms with Crippen molar-refractivity contribution in [1.82, 2.24) is 9.55 Å². The Morgan fingerprint density at radius 2 is 2.22 bits per heavy atom. The summed E-state index contributed by atoms with van der Waals surface area (Å²) in [6, 6.07) is 5.33. The van der Waals surface area contributed by atoms with Gasteiger partial charge in [0.05, 0.1) is 19.9 Å².